The van der Waals surface area contributed by atoms with Gasteiger partial charge in [-0.25, -0.2) is 8.42 Å². The van der Waals surface area contributed by atoms with Crippen molar-refractivity contribution in [3.8, 4) is 11.5 Å². The average molecular weight is 568 g/mol. The maximum atomic E-state index is 14.1. The number of aryl methyl sites for hydroxylation is 1. The van der Waals surface area contributed by atoms with Gasteiger partial charge in [0, 0.05) is 25.6 Å². The Hall–Kier alpha value is -4.05. The molecule has 10 heteroatoms. The van der Waals surface area contributed by atoms with E-state index in [0.717, 1.165) is 27.3 Å². The molecule has 0 saturated heterocycles. The molecule has 2 amide bonds. The van der Waals surface area contributed by atoms with Gasteiger partial charge in [-0.2, -0.15) is 0 Å². The second-order valence-corrected chi connectivity index (χ2v) is 11.3. The molecule has 9 nitrogen and oxygen atoms in total. The third kappa shape index (κ3) is 7.75. The molecule has 0 bridgehead atoms. The zero-order chi connectivity index (χ0) is 29.3. The van der Waals surface area contributed by atoms with E-state index in [1.54, 1.807) is 12.1 Å². The molecular weight excluding hydrogens is 530 g/mol. The summed E-state index contributed by atoms with van der Waals surface area (Å²) in [4.78, 5) is 29.0. The Morgan fingerprint density at radius 1 is 0.950 bits per heavy atom. The molecule has 0 unspecified atom stereocenters. The van der Waals surface area contributed by atoms with Crippen LogP contribution < -0.4 is 19.1 Å². The Balaban J connectivity index is 2.09. The third-order valence-corrected chi connectivity index (χ3v) is 7.69. The highest BCUT2D eigenvalue weighted by Gasteiger charge is 2.33. The molecular formula is C30H37N3O6S. The van der Waals surface area contributed by atoms with Crippen molar-refractivity contribution in [2.24, 2.45) is 0 Å². The van der Waals surface area contributed by atoms with Crippen molar-refractivity contribution in [1.82, 2.24) is 10.2 Å². The average Bonchev–Trinajstić information content (AvgIpc) is 2.94. The van der Waals surface area contributed by atoms with Crippen LogP contribution in [-0.4, -0.2) is 64.7 Å². The van der Waals surface area contributed by atoms with Crippen LogP contribution in [0.4, 0.5) is 5.69 Å². The molecule has 0 radical (unpaired) electrons. The van der Waals surface area contributed by atoms with E-state index in [1.807, 2.05) is 68.4 Å². The number of carbonyl (C=O) groups is 2. The lowest BCUT2D eigenvalue weighted by Gasteiger charge is -2.34. The number of sulfonamides is 1. The van der Waals surface area contributed by atoms with E-state index >= 15 is 0 Å². The van der Waals surface area contributed by atoms with E-state index in [4.69, 9.17) is 9.47 Å². The number of ether oxygens (including phenoxy) is 2. The molecule has 3 aromatic carbocycles. The third-order valence-electron chi connectivity index (χ3n) is 6.56. The predicted octanol–water partition coefficient (Wildman–Crippen LogP) is 3.55. The number of anilines is 1. The fourth-order valence-electron chi connectivity index (χ4n) is 4.40. The van der Waals surface area contributed by atoms with Gasteiger partial charge in [0.25, 0.3) is 0 Å². The summed E-state index contributed by atoms with van der Waals surface area (Å²) in [6.45, 7) is 3.72. The normalized spacial score (nSPS) is 11.8. The van der Waals surface area contributed by atoms with Crippen LogP contribution in [0.2, 0.25) is 0 Å². The monoisotopic (exact) mass is 567 g/mol. The van der Waals surface area contributed by atoms with Crippen molar-refractivity contribution >= 4 is 27.5 Å². The van der Waals surface area contributed by atoms with Crippen LogP contribution in [0.25, 0.3) is 0 Å². The number of nitrogens with one attached hydrogen (secondary N) is 1. The number of rotatable bonds is 13. The molecule has 3 rings (SSSR count). The summed E-state index contributed by atoms with van der Waals surface area (Å²) in [5, 5.41) is 2.85. The summed E-state index contributed by atoms with van der Waals surface area (Å²) in [6, 6.07) is 20.8. The molecule has 0 aliphatic heterocycles. The molecule has 3 aromatic rings. The van der Waals surface area contributed by atoms with Crippen molar-refractivity contribution in [2.45, 2.75) is 32.9 Å². The van der Waals surface area contributed by atoms with Gasteiger partial charge in [0.1, 0.15) is 24.1 Å². The maximum Gasteiger partial charge on any atom is 0.244 e. The molecule has 214 valence electrons. The summed E-state index contributed by atoms with van der Waals surface area (Å²) in [7, 11) is -1.03. The van der Waals surface area contributed by atoms with E-state index < -0.39 is 28.5 Å². The molecule has 0 aliphatic rings. The molecule has 0 aliphatic carbocycles. The summed E-state index contributed by atoms with van der Waals surface area (Å²) in [5.41, 5.74) is 2.86. The van der Waals surface area contributed by atoms with Crippen molar-refractivity contribution < 1.29 is 27.5 Å². The Bertz CT molecular complexity index is 1410. The van der Waals surface area contributed by atoms with E-state index in [0.29, 0.717) is 12.3 Å². The quantitative estimate of drug-likeness (QED) is 0.339. The van der Waals surface area contributed by atoms with Gasteiger partial charge >= 0.3 is 0 Å². The number of likely N-dealkylation sites (N-methyl/N-ethyl adjacent to an activating group) is 1. The fourth-order valence-corrected chi connectivity index (χ4v) is 5.26. The van der Waals surface area contributed by atoms with Crippen molar-refractivity contribution in [2.75, 3.05) is 37.9 Å². The first-order chi connectivity index (χ1) is 19.1. The van der Waals surface area contributed by atoms with Crippen LogP contribution in [0.15, 0.2) is 72.8 Å². The number of hydrogen-bond acceptors (Lipinski definition) is 6. The lowest BCUT2D eigenvalue weighted by atomic mass is 10.0. The molecule has 0 saturated carbocycles. The zero-order valence-electron chi connectivity index (χ0n) is 23.6. The van der Waals surface area contributed by atoms with E-state index in [-0.39, 0.29) is 30.3 Å². The number of carbonyl (C=O) groups excluding carboxylic acids is 2. The highest BCUT2D eigenvalue weighted by Crippen LogP contribution is 2.34. The van der Waals surface area contributed by atoms with Gasteiger partial charge in [0.05, 0.1) is 26.2 Å². The molecule has 1 N–H and O–H groups in total. The smallest absolute Gasteiger partial charge is 0.244 e. The molecule has 40 heavy (non-hydrogen) atoms. The Morgan fingerprint density at radius 2 is 1.62 bits per heavy atom. The Morgan fingerprint density at radius 3 is 2.23 bits per heavy atom. The fraction of sp³-hybridized carbons (Fsp3) is 0.333. The maximum absolute atomic E-state index is 14.1. The van der Waals surface area contributed by atoms with E-state index in [1.165, 1.54) is 25.2 Å². The van der Waals surface area contributed by atoms with Crippen molar-refractivity contribution in [3.05, 3.63) is 89.5 Å². The lowest BCUT2D eigenvalue weighted by Crippen LogP contribution is -2.53. The summed E-state index contributed by atoms with van der Waals surface area (Å²) in [5.74, 6) is -0.145. The van der Waals surface area contributed by atoms with Gasteiger partial charge in [-0.3, -0.25) is 13.9 Å². The second-order valence-electron chi connectivity index (χ2n) is 9.36. The van der Waals surface area contributed by atoms with Gasteiger partial charge in [0.15, 0.2) is 0 Å². The molecule has 0 fully saturated rings. The highest BCUT2D eigenvalue weighted by molar-refractivity contribution is 7.92. The number of nitrogens with zero attached hydrogens (tertiary/aromatic N) is 2. The minimum atomic E-state index is -3.93. The van der Waals surface area contributed by atoms with Gasteiger partial charge < -0.3 is 19.7 Å². The SMILES string of the molecule is CCNC(=O)[C@@H](Cc1ccccc1)N(Cc1ccccc1C)C(=O)CN(c1ccc(OC)cc1OC)S(C)(=O)=O. The topological polar surface area (TPSA) is 105 Å². The number of hydrogen-bond donors (Lipinski definition) is 1. The van der Waals surface area contributed by atoms with Crippen LogP contribution in [0, 0.1) is 6.92 Å². The molecule has 0 heterocycles. The van der Waals surface area contributed by atoms with Crippen LogP contribution in [0.5, 0.6) is 11.5 Å². The standard InChI is InChI=1S/C30H37N3O6S/c1-6-31-30(35)27(18-23-13-8-7-9-14-23)32(20-24-15-11-10-12-22(24)2)29(34)21-33(40(5,36)37)26-17-16-25(38-3)19-28(26)39-4/h7-17,19,27H,6,18,20-21H2,1-5H3,(H,31,35)/t27-/m1/s1. The largest absolute Gasteiger partial charge is 0.497 e. The van der Waals surface area contributed by atoms with Gasteiger partial charge in [0.2, 0.25) is 21.8 Å². The summed E-state index contributed by atoms with van der Waals surface area (Å²) in [6.07, 6.45) is 1.29. The summed E-state index contributed by atoms with van der Waals surface area (Å²) < 4.78 is 37.7. The molecule has 0 spiro atoms. The van der Waals surface area contributed by atoms with Gasteiger partial charge in [-0.15, -0.1) is 0 Å². The van der Waals surface area contributed by atoms with Crippen LogP contribution in [0.3, 0.4) is 0 Å². The first-order valence-corrected chi connectivity index (χ1v) is 14.8. The number of benzene rings is 3. The van der Waals surface area contributed by atoms with Crippen LogP contribution in [-0.2, 0) is 32.6 Å². The number of amides is 2. The molecule has 1 atom stereocenters. The molecule has 0 aromatic heterocycles. The van der Waals surface area contributed by atoms with E-state index in [2.05, 4.69) is 5.32 Å². The first kappa shape index (κ1) is 30.5. The van der Waals surface area contributed by atoms with Gasteiger partial charge in [-0.1, -0.05) is 54.6 Å². The van der Waals surface area contributed by atoms with Crippen molar-refractivity contribution in [3.63, 3.8) is 0 Å². The van der Waals surface area contributed by atoms with E-state index in [9.17, 15) is 18.0 Å². The minimum Gasteiger partial charge on any atom is -0.497 e. The number of methoxy groups -OCH3 is 2. The van der Waals surface area contributed by atoms with Crippen molar-refractivity contribution in [1.29, 1.82) is 0 Å². The van der Waals surface area contributed by atoms with Gasteiger partial charge in [-0.05, 0) is 42.7 Å². The zero-order valence-corrected chi connectivity index (χ0v) is 24.4. The van der Waals surface area contributed by atoms with Crippen LogP contribution >= 0.6 is 0 Å². The Kier molecular flexibility index (Phi) is 10.6. The van der Waals surface area contributed by atoms with Crippen LogP contribution in [0.1, 0.15) is 23.6 Å². The lowest BCUT2D eigenvalue weighted by molar-refractivity contribution is -0.140. The Labute approximate surface area is 236 Å². The summed E-state index contributed by atoms with van der Waals surface area (Å²) >= 11 is 0. The predicted molar refractivity (Wildman–Crippen MR) is 156 cm³/mol. The first-order valence-electron chi connectivity index (χ1n) is 12.9. The highest BCUT2D eigenvalue weighted by atomic mass is 32.2. The second kappa shape index (κ2) is 13.8. The minimum absolute atomic E-state index is 0.123.